The SMILES string of the molecule is CC1(C)CCCC(NC(c2ccccc2)c2ccco2)C1. The molecule has 1 N–H and O–H groups in total. The fourth-order valence-electron chi connectivity index (χ4n) is 3.52. The van der Waals surface area contributed by atoms with Crippen molar-refractivity contribution in [1.29, 1.82) is 0 Å². The van der Waals surface area contributed by atoms with Crippen molar-refractivity contribution >= 4 is 0 Å². The Hall–Kier alpha value is -1.54. The number of rotatable bonds is 4. The van der Waals surface area contributed by atoms with Crippen LogP contribution in [0.3, 0.4) is 0 Å². The number of hydrogen-bond acceptors (Lipinski definition) is 2. The molecule has 1 aliphatic carbocycles. The maximum atomic E-state index is 5.68. The highest BCUT2D eigenvalue weighted by atomic mass is 16.3. The first-order valence-corrected chi connectivity index (χ1v) is 7.98. The van der Waals surface area contributed by atoms with Gasteiger partial charge in [0.2, 0.25) is 0 Å². The topological polar surface area (TPSA) is 25.2 Å². The lowest BCUT2D eigenvalue weighted by Gasteiger charge is -2.37. The molecule has 0 saturated heterocycles. The van der Waals surface area contributed by atoms with Crippen molar-refractivity contribution in [3.63, 3.8) is 0 Å². The Labute approximate surface area is 127 Å². The van der Waals surface area contributed by atoms with E-state index in [1.165, 1.54) is 31.2 Å². The molecule has 1 aromatic heterocycles. The van der Waals surface area contributed by atoms with Crippen molar-refractivity contribution < 1.29 is 4.42 Å². The molecular weight excluding hydrogens is 258 g/mol. The summed E-state index contributed by atoms with van der Waals surface area (Å²) >= 11 is 0. The van der Waals surface area contributed by atoms with Crippen LogP contribution in [0.5, 0.6) is 0 Å². The minimum atomic E-state index is 0.153. The normalized spacial score (nSPS) is 22.9. The highest BCUT2D eigenvalue weighted by molar-refractivity contribution is 5.26. The molecule has 2 nitrogen and oxygen atoms in total. The fraction of sp³-hybridized carbons (Fsp3) is 0.474. The van der Waals surface area contributed by atoms with Gasteiger partial charge in [-0.2, -0.15) is 0 Å². The number of furan rings is 1. The Morgan fingerprint density at radius 2 is 1.95 bits per heavy atom. The Morgan fingerprint density at radius 1 is 1.14 bits per heavy atom. The van der Waals surface area contributed by atoms with E-state index >= 15 is 0 Å². The van der Waals surface area contributed by atoms with E-state index in [-0.39, 0.29) is 6.04 Å². The molecule has 1 aromatic carbocycles. The van der Waals surface area contributed by atoms with Crippen LogP contribution in [-0.2, 0) is 0 Å². The predicted molar refractivity (Wildman–Crippen MR) is 86.2 cm³/mol. The zero-order valence-corrected chi connectivity index (χ0v) is 13.0. The molecule has 1 saturated carbocycles. The van der Waals surface area contributed by atoms with Crippen molar-refractivity contribution in [3.05, 3.63) is 60.1 Å². The lowest BCUT2D eigenvalue weighted by Crippen LogP contribution is -2.39. The number of benzene rings is 1. The third-order valence-corrected chi connectivity index (χ3v) is 4.57. The van der Waals surface area contributed by atoms with Crippen molar-refractivity contribution in [2.45, 2.75) is 51.6 Å². The van der Waals surface area contributed by atoms with Crippen LogP contribution in [0.15, 0.2) is 53.1 Å². The maximum Gasteiger partial charge on any atom is 0.125 e. The van der Waals surface area contributed by atoms with E-state index in [1.807, 2.05) is 6.07 Å². The van der Waals surface area contributed by atoms with Crippen molar-refractivity contribution in [3.8, 4) is 0 Å². The van der Waals surface area contributed by atoms with Crippen LogP contribution in [0.4, 0.5) is 0 Å². The van der Waals surface area contributed by atoms with E-state index in [4.69, 9.17) is 4.42 Å². The van der Waals surface area contributed by atoms with Gasteiger partial charge in [0.25, 0.3) is 0 Å². The van der Waals surface area contributed by atoms with Crippen LogP contribution in [0.2, 0.25) is 0 Å². The minimum absolute atomic E-state index is 0.153. The molecule has 2 aromatic rings. The van der Waals surface area contributed by atoms with Crippen LogP contribution in [0.1, 0.15) is 56.9 Å². The van der Waals surface area contributed by atoms with Gasteiger partial charge < -0.3 is 9.73 Å². The Morgan fingerprint density at radius 3 is 2.62 bits per heavy atom. The predicted octanol–water partition coefficient (Wildman–Crippen LogP) is 4.93. The van der Waals surface area contributed by atoms with E-state index < -0.39 is 0 Å². The number of hydrogen-bond donors (Lipinski definition) is 1. The number of nitrogens with one attached hydrogen (secondary N) is 1. The van der Waals surface area contributed by atoms with Gasteiger partial charge in [0, 0.05) is 6.04 Å². The Kier molecular flexibility index (Phi) is 4.16. The van der Waals surface area contributed by atoms with Gasteiger partial charge in [-0.05, 0) is 42.4 Å². The summed E-state index contributed by atoms with van der Waals surface area (Å²) in [5.41, 5.74) is 1.72. The highest BCUT2D eigenvalue weighted by Crippen LogP contribution is 2.36. The first-order chi connectivity index (χ1) is 10.1. The van der Waals surface area contributed by atoms with Gasteiger partial charge in [-0.3, -0.25) is 0 Å². The van der Waals surface area contributed by atoms with E-state index in [2.05, 4.69) is 55.6 Å². The molecule has 0 bridgehead atoms. The summed E-state index contributed by atoms with van der Waals surface area (Å²) in [5.74, 6) is 1.00. The van der Waals surface area contributed by atoms with Crippen LogP contribution >= 0.6 is 0 Å². The van der Waals surface area contributed by atoms with Crippen LogP contribution < -0.4 is 5.32 Å². The third-order valence-electron chi connectivity index (χ3n) is 4.57. The van der Waals surface area contributed by atoms with E-state index in [0.717, 1.165) is 5.76 Å². The molecule has 0 amide bonds. The van der Waals surface area contributed by atoms with Gasteiger partial charge in [-0.15, -0.1) is 0 Å². The van der Waals surface area contributed by atoms with Crippen LogP contribution in [0.25, 0.3) is 0 Å². The molecule has 2 unspecified atom stereocenters. The van der Waals surface area contributed by atoms with E-state index in [0.29, 0.717) is 11.5 Å². The average molecular weight is 283 g/mol. The molecule has 112 valence electrons. The Bertz CT molecular complexity index is 544. The summed E-state index contributed by atoms with van der Waals surface area (Å²) in [6.45, 7) is 4.76. The zero-order chi connectivity index (χ0) is 14.7. The second-order valence-corrected chi connectivity index (χ2v) is 6.98. The smallest absolute Gasteiger partial charge is 0.125 e. The van der Waals surface area contributed by atoms with Crippen molar-refractivity contribution in [1.82, 2.24) is 5.32 Å². The molecule has 2 heteroatoms. The summed E-state index contributed by atoms with van der Waals surface area (Å²) in [6, 6.07) is 15.4. The average Bonchev–Trinajstić information content (AvgIpc) is 2.99. The largest absolute Gasteiger partial charge is 0.467 e. The van der Waals surface area contributed by atoms with Gasteiger partial charge in [0.1, 0.15) is 5.76 Å². The van der Waals surface area contributed by atoms with E-state index in [9.17, 15) is 0 Å². The molecular formula is C19H25NO. The van der Waals surface area contributed by atoms with Gasteiger partial charge in [-0.1, -0.05) is 50.6 Å². The summed E-state index contributed by atoms with van der Waals surface area (Å²) in [6.07, 6.45) is 6.90. The fourth-order valence-corrected chi connectivity index (χ4v) is 3.52. The molecule has 21 heavy (non-hydrogen) atoms. The summed E-state index contributed by atoms with van der Waals surface area (Å²) in [7, 11) is 0. The molecule has 1 fully saturated rings. The van der Waals surface area contributed by atoms with Gasteiger partial charge in [0.05, 0.1) is 12.3 Å². The monoisotopic (exact) mass is 283 g/mol. The maximum absolute atomic E-state index is 5.68. The van der Waals surface area contributed by atoms with Crippen LogP contribution in [0, 0.1) is 5.41 Å². The van der Waals surface area contributed by atoms with Gasteiger partial charge in [0.15, 0.2) is 0 Å². The summed E-state index contributed by atoms with van der Waals surface area (Å²) in [5, 5.41) is 3.84. The second kappa shape index (κ2) is 6.07. The standard InChI is InChI=1S/C19H25NO/c1-19(2)12-6-10-16(14-19)20-18(17-11-7-13-21-17)15-8-4-3-5-9-15/h3-5,7-9,11,13,16,18,20H,6,10,12,14H2,1-2H3. The molecule has 0 aliphatic heterocycles. The quantitative estimate of drug-likeness (QED) is 0.861. The lowest BCUT2D eigenvalue weighted by molar-refractivity contribution is 0.190. The van der Waals surface area contributed by atoms with E-state index in [1.54, 1.807) is 6.26 Å². The molecule has 2 atom stereocenters. The molecule has 0 spiro atoms. The first-order valence-electron chi connectivity index (χ1n) is 7.98. The van der Waals surface area contributed by atoms with Crippen molar-refractivity contribution in [2.75, 3.05) is 0 Å². The van der Waals surface area contributed by atoms with Gasteiger partial charge >= 0.3 is 0 Å². The van der Waals surface area contributed by atoms with Crippen LogP contribution in [-0.4, -0.2) is 6.04 Å². The Balaban J connectivity index is 1.80. The third kappa shape index (κ3) is 3.56. The molecule has 1 aliphatic rings. The lowest BCUT2D eigenvalue weighted by atomic mass is 9.75. The molecule has 0 radical (unpaired) electrons. The first kappa shape index (κ1) is 14.4. The van der Waals surface area contributed by atoms with Crippen molar-refractivity contribution in [2.24, 2.45) is 5.41 Å². The highest BCUT2D eigenvalue weighted by Gasteiger charge is 2.30. The minimum Gasteiger partial charge on any atom is -0.467 e. The zero-order valence-electron chi connectivity index (χ0n) is 13.0. The van der Waals surface area contributed by atoms with Gasteiger partial charge in [-0.25, -0.2) is 0 Å². The molecule has 3 rings (SSSR count). The molecule has 1 heterocycles. The summed E-state index contributed by atoms with van der Waals surface area (Å²) in [4.78, 5) is 0. The second-order valence-electron chi connectivity index (χ2n) is 6.98. The summed E-state index contributed by atoms with van der Waals surface area (Å²) < 4.78 is 5.68.